The summed E-state index contributed by atoms with van der Waals surface area (Å²) in [4.78, 5) is 2.49. The third kappa shape index (κ3) is 2.03. The predicted molar refractivity (Wildman–Crippen MR) is 52.7 cm³/mol. The SMILES string of the molecule is CCN1CCC2(CC1)NCCCO2. The number of nitrogens with zero attached hydrogens (tertiary/aromatic N) is 1. The largest absolute Gasteiger partial charge is 0.360 e. The molecule has 0 atom stereocenters. The highest BCUT2D eigenvalue weighted by molar-refractivity contribution is 4.87. The first-order valence-electron chi connectivity index (χ1n) is 5.46. The Morgan fingerprint density at radius 3 is 2.69 bits per heavy atom. The van der Waals surface area contributed by atoms with E-state index in [1.807, 2.05) is 0 Å². The van der Waals surface area contributed by atoms with Gasteiger partial charge >= 0.3 is 0 Å². The summed E-state index contributed by atoms with van der Waals surface area (Å²) in [6, 6.07) is 0. The van der Waals surface area contributed by atoms with Crippen LogP contribution in [0.1, 0.15) is 26.2 Å². The van der Waals surface area contributed by atoms with Crippen molar-refractivity contribution in [2.24, 2.45) is 0 Å². The second-order valence-corrected chi connectivity index (χ2v) is 4.06. The van der Waals surface area contributed by atoms with Crippen molar-refractivity contribution in [2.75, 3.05) is 32.8 Å². The summed E-state index contributed by atoms with van der Waals surface area (Å²) in [6.07, 6.45) is 3.47. The van der Waals surface area contributed by atoms with Crippen LogP contribution in [0.15, 0.2) is 0 Å². The Labute approximate surface area is 80.4 Å². The van der Waals surface area contributed by atoms with E-state index >= 15 is 0 Å². The molecule has 2 aliphatic rings. The number of likely N-dealkylation sites (tertiary alicyclic amines) is 1. The zero-order chi connectivity index (χ0) is 9.15. The van der Waals surface area contributed by atoms with Crippen LogP contribution in [-0.2, 0) is 4.74 Å². The molecule has 0 amide bonds. The summed E-state index contributed by atoms with van der Waals surface area (Å²) in [6.45, 7) is 7.85. The molecule has 13 heavy (non-hydrogen) atoms. The minimum absolute atomic E-state index is 0.0456. The van der Waals surface area contributed by atoms with Crippen LogP contribution in [0.3, 0.4) is 0 Å². The molecular formula is C10H20N2O. The fraction of sp³-hybridized carbons (Fsp3) is 1.00. The van der Waals surface area contributed by atoms with Crippen molar-refractivity contribution in [3.8, 4) is 0 Å². The Morgan fingerprint density at radius 2 is 2.15 bits per heavy atom. The van der Waals surface area contributed by atoms with Gasteiger partial charge in [0.1, 0.15) is 5.72 Å². The molecule has 0 aromatic carbocycles. The maximum atomic E-state index is 5.86. The van der Waals surface area contributed by atoms with Gasteiger partial charge in [-0.25, -0.2) is 0 Å². The van der Waals surface area contributed by atoms with E-state index in [0.717, 1.165) is 26.0 Å². The zero-order valence-corrected chi connectivity index (χ0v) is 8.51. The molecule has 2 fully saturated rings. The first-order chi connectivity index (χ1) is 6.35. The first-order valence-corrected chi connectivity index (χ1v) is 5.46. The zero-order valence-electron chi connectivity index (χ0n) is 8.51. The lowest BCUT2D eigenvalue weighted by molar-refractivity contribution is -0.126. The lowest BCUT2D eigenvalue weighted by atomic mass is 9.99. The minimum atomic E-state index is 0.0456. The van der Waals surface area contributed by atoms with Crippen LogP contribution in [-0.4, -0.2) is 43.4 Å². The quantitative estimate of drug-likeness (QED) is 0.652. The Balaban J connectivity index is 1.87. The van der Waals surface area contributed by atoms with Crippen LogP contribution < -0.4 is 5.32 Å². The Hall–Kier alpha value is -0.120. The summed E-state index contributed by atoms with van der Waals surface area (Å²) in [5, 5.41) is 3.53. The number of rotatable bonds is 1. The maximum Gasteiger partial charge on any atom is 0.121 e. The van der Waals surface area contributed by atoms with Crippen LogP contribution >= 0.6 is 0 Å². The molecule has 0 radical (unpaired) electrons. The van der Waals surface area contributed by atoms with Gasteiger partial charge in [0.05, 0.1) is 6.61 Å². The second-order valence-electron chi connectivity index (χ2n) is 4.06. The van der Waals surface area contributed by atoms with Crippen molar-refractivity contribution in [1.29, 1.82) is 0 Å². The van der Waals surface area contributed by atoms with E-state index in [1.165, 1.54) is 26.1 Å². The van der Waals surface area contributed by atoms with Gasteiger partial charge in [-0.3, -0.25) is 5.32 Å². The van der Waals surface area contributed by atoms with Gasteiger partial charge in [0, 0.05) is 25.9 Å². The standard InChI is InChI=1S/C10H20N2O/c1-2-12-7-4-10(5-8-12)11-6-3-9-13-10/h11H,2-9H2,1H3. The van der Waals surface area contributed by atoms with Crippen LogP contribution in [0.25, 0.3) is 0 Å². The molecule has 2 saturated heterocycles. The molecule has 1 spiro atoms. The Kier molecular flexibility index (Phi) is 2.86. The monoisotopic (exact) mass is 184 g/mol. The van der Waals surface area contributed by atoms with Gasteiger partial charge in [-0.2, -0.15) is 0 Å². The lowest BCUT2D eigenvalue weighted by Crippen LogP contribution is -2.57. The molecule has 2 heterocycles. The molecule has 76 valence electrons. The molecule has 1 N–H and O–H groups in total. The van der Waals surface area contributed by atoms with Gasteiger partial charge < -0.3 is 9.64 Å². The van der Waals surface area contributed by atoms with Crippen LogP contribution in [0.5, 0.6) is 0 Å². The maximum absolute atomic E-state index is 5.86. The number of ether oxygens (including phenoxy) is 1. The van der Waals surface area contributed by atoms with E-state index in [2.05, 4.69) is 17.1 Å². The van der Waals surface area contributed by atoms with Gasteiger partial charge in [-0.15, -0.1) is 0 Å². The third-order valence-corrected chi connectivity index (χ3v) is 3.26. The van der Waals surface area contributed by atoms with Crippen molar-refractivity contribution < 1.29 is 4.74 Å². The molecule has 0 saturated carbocycles. The fourth-order valence-corrected chi connectivity index (χ4v) is 2.26. The first kappa shape index (κ1) is 9.44. The van der Waals surface area contributed by atoms with Crippen molar-refractivity contribution in [3.05, 3.63) is 0 Å². The van der Waals surface area contributed by atoms with Gasteiger partial charge in [-0.05, 0) is 19.5 Å². The molecule has 2 rings (SSSR count). The average Bonchev–Trinajstić information content (AvgIpc) is 2.20. The van der Waals surface area contributed by atoms with Gasteiger partial charge in [-0.1, -0.05) is 6.92 Å². The van der Waals surface area contributed by atoms with E-state index in [4.69, 9.17) is 4.74 Å². The van der Waals surface area contributed by atoms with Crippen molar-refractivity contribution in [1.82, 2.24) is 10.2 Å². The summed E-state index contributed by atoms with van der Waals surface area (Å²) < 4.78 is 5.86. The molecule has 0 aliphatic carbocycles. The molecule has 3 nitrogen and oxygen atoms in total. The Morgan fingerprint density at radius 1 is 1.38 bits per heavy atom. The third-order valence-electron chi connectivity index (χ3n) is 3.26. The van der Waals surface area contributed by atoms with Crippen molar-refractivity contribution >= 4 is 0 Å². The normalized spacial score (nSPS) is 29.3. The molecule has 0 unspecified atom stereocenters. The second kappa shape index (κ2) is 3.95. The molecule has 2 aliphatic heterocycles. The molecule has 3 heteroatoms. The summed E-state index contributed by atoms with van der Waals surface area (Å²) in [5.41, 5.74) is 0.0456. The van der Waals surface area contributed by atoms with Crippen LogP contribution in [0.4, 0.5) is 0 Å². The molecular weight excluding hydrogens is 164 g/mol. The van der Waals surface area contributed by atoms with E-state index in [9.17, 15) is 0 Å². The van der Waals surface area contributed by atoms with E-state index in [-0.39, 0.29) is 5.72 Å². The van der Waals surface area contributed by atoms with Crippen LogP contribution in [0, 0.1) is 0 Å². The topological polar surface area (TPSA) is 24.5 Å². The number of hydrogen-bond donors (Lipinski definition) is 1. The highest BCUT2D eigenvalue weighted by atomic mass is 16.5. The summed E-state index contributed by atoms with van der Waals surface area (Å²) in [7, 11) is 0. The fourth-order valence-electron chi connectivity index (χ4n) is 2.26. The van der Waals surface area contributed by atoms with Gasteiger partial charge in [0.2, 0.25) is 0 Å². The van der Waals surface area contributed by atoms with Crippen LogP contribution in [0.2, 0.25) is 0 Å². The van der Waals surface area contributed by atoms with Gasteiger partial charge in [0.15, 0.2) is 0 Å². The van der Waals surface area contributed by atoms with E-state index < -0.39 is 0 Å². The smallest absolute Gasteiger partial charge is 0.121 e. The lowest BCUT2D eigenvalue weighted by Gasteiger charge is -2.44. The highest BCUT2D eigenvalue weighted by Gasteiger charge is 2.35. The minimum Gasteiger partial charge on any atom is -0.360 e. The predicted octanol–water partition coefficient (Wildman–Crippen LogP) is 0.808. The summed E-state index contributed by atoms with van der Waals surface area (Å²) in [5.74, 6) is 0. The number of piperidine rings is 1. The van der Waals surface area contributed by atoms with Crippen molar-refractivity contribution in [3.63, 3.8) is 0 Å². The highest BCUT2D eigenvalue weighted by Crippen LogP contribution is 2.25. The molecule has 0 aromatic heterocycles. The van der Waals surface area contributed by atoms with Crippen molar-refractivity contribution in [2.45, 2.75) is 31.9 Å². The van der Waals surface area contributed by atoms with E-state index in [1.54, 1.807) is 0 Å². The number of hydrogen-bond acceptors (Lipinski definition) is 3. The van der Waals surface area contributed by atoms with Gasteiger partial charge in [0.25, 0.3) is 0 Å². The number of nitrogens with one attached hydrogen (secondary N) is 1. The molecule has 0 aromatic rings. The average molecular weight is 184 g/mol. The Bertz CT molecular complexity index is 156. The molecule has 0 bridgehead atoms. The summed E-state index contributed by atoms with van der Waals surface area (Å²) >= 11 is 0. The van der Waals surface area contributed by atoms with E-state index in [0.29, 0.717) is 0 Å².